The van der Waals surface area contributed by atoms with Crippen molar-refractivity contribution < 1.29 is 51.8 Å². The Kier molecular flexibility index (Phi) is 5.17. The first-order chi connectivity index (χ1) is 11.3. The molecule has 1 aromatic carbocycles. The molecule has 0 amide bonds. The molecule has 7 heteroatoms. The Morgan fingerprint density at radius 1 is 1.28 bits per heavy atom. The minimum atomic E-state index is -4.75. The van der Waals surface area contributed by atoms with E-state index in [-0.39, 0.29) is 46.8 Å². The van der Waals surface area contributed by atoms with Crippen LogP contribution in [-0.4, -0.2) is 24.2 Å². The summed E-state index contributed by atoms with van der Waals surface area (Å²) in [4.78, 5) is 0. The molecule has 0 aromatic heterocycles. The van der Waals surface area contributed by atoms with Gasteiger partial charge < -0.3 is 13.8 Å². The first-order valence-corrected chi connectivity index (χ1v) is 9.77. The summed E-state index contributed by atoms with van der Waals surface area (Å²) in [6.07, 6.45) is 6.61. The Bertz CT molecular complexity index is 819. The van der Waals surface area contributed by atoms with Crippen molar-refractivity contribution in [1.29, 1.82) is 0 Å². The molecule has 0 spiro atoms. The third-order valence-corrected chi connectivity index (χ3v) is 6.70. The molecule has 0 saturated heterocycles. The number of aliphatic hydroxyl groups is 1. The third kappa shape index (κ3) is 3.33. The molecule has 0 aliphatic heterocycles. The molecule has 0 bridgehead atoms. The van der Waals surface area contributed by atoms with Crippen LogP contribution in [0.4, 0.5) is 0 Å². The van der Waals surface area contributed by atoms with Crippen LogP contribution in [-0.2, 0) is 16.8 Å². The molecule has 5 nitrogen and oxygen atoms in total. The fourth-order valence-electron chi connectivity index (χ4n) is 5.09. The maximum Gasteiger partial charge on any atom is 1.00 e. The van der Waals surface area contributed by atoms with Gasteiger partial charge in [0.25, 0.3) is 10.4 Å². The average Bonchev–Trinajstić information content (AvgIpc) is 2.81. The van der Waals surface area contributed by atoms with Gasteiger partial charge in [-0.2, -0.15) is 0 Å². The van der Waals surface area contributed by atoms with E-state index in [2.05, 4.69) is 17.2 Å². The van der Waals surface area contributed by atoms with Crippen molar-refractivity contribution in [3.05, 3.63) is 41.0 Å². The number of rotatable bonds is 2. The van der Waals surface area contributed by atoms with Crippen molar-refractivity contribution in [3.63, 3.8) is 0 Å². The van der Waals surface area contributed by atoms with E-state index in [4.69, 9.17) is 0 Å². The predicted molar refractivity (Wildman–Crippen MR) is 87.4 cm³/mol. The zero-order chi connectivity index (χ0) is 17.1. The zero-order valence-corrected chi connectivity index (χ0v) is 17.4. The van der Waals surface area contributed by atoms with Crippen LogP contribution < -0.4 is 33.7 Å². The van der Waals surface area contributed by atoms with Crippen LogP contribution in [0, 0.1) is 11.3 Å². The molecular formula is C18H21NaO5S. The second-order valence-electron chi connectivity index (χ2n) is 7.50. The van der Waals surface area contributed by atoms with Crippen molar-refractivity contribution in [2.45, 2.75) is 51.0 Å². The standard InChI is InChI=1S/C18H22O5S.Na/c1-18-9-8-14-13-5-3-12(23-24(20,21)22)10-11(13)2-4-15(14)16(18)6-7-17(18)19;/h3-5,10,14,16-17,19H,2,6-9H2,1H3,(H,20,21,22);/q;+1/p-1/t14?,16?,17-,18-;/m0./s1. The zero-order valence-electron chi connectivity index (χ0n) is 14.6. The van der Waals surface area contributed by atoms with Gasteiger partial charge in [-0.3, -0.25) is 0 Å². The van der Waals surface area contributed by atoms with Gasteiger partial charge in [-0.25, -0.2) is 8.42 Å². The van der Waals surface area contributed by atoms with Crippen molar-refractivity contribution >= 4 is 10.4 Å². The van der Waals surface area contributed by atoms with E-state index in [0.717, 1.165) is 31.2 Å². The van der Waals surface area contributed by atoms with E-state index >= 15 is 0 Å². The summed E-state index contributed by atoms with van der Waals surface area (Å²) in [5.41, 5.74) is 3.64. The summed E-state index contributed by atoms with van der Waals surface area (Å²) in [7, 11) is -4.75. The summed E-state index contributed by atoms with van der Waals surface area (Å²) in [6.45, 7) is 2.21. The Hall–Kier alpha value is -0.370. The van der Waals surface area contributed by atoms with Gasteiger partial charge in [-0.05, 0) is 61.3 Å². The first-order valence-electron chi connectivity index (χ1n) is 8.44. The Morgan fingerprint density at radius 3 is 2.76 bits per heavy atom. The minimum Gasteiger partial charge on any atom is -0.716 e. The molecule has 1 N–H and O–H groups in total. The van der Waals surface area contributed by atoms with Crippen LogP contribution in [0.15, 0.2) is 29.8 Å². The van der Waals surface area contributed by atoms with Gasteiger partial charge in [-0.1, -0.05) is 24.6 Å². The molecule has 2 unspecified atom stereocenters. The number of aliphatic hydroxyl groups excluding tert-OH is 1. The summed E-state index contributed by atoms with van der Waals surface area (Å²) in [6, 6.07) is 5.12. The van der Waals surface area contributed by atoms with Crippen molar-refractivity contribution in [3.8, 4) is 5.75 Å². The van der Waals surface area contributed by atoms with E-state index in [9.17, 15) is 18.1 Å². The van der Waals surface area contributed by atoms with Gasteiger partial charge >= 0.3 is 29.6 Å². The van der Waals surface area contributed by atoms with Crippen molar-refractivity contribution in [2.24, 2.45) is 11.3 Å². The molecule has 25 heavy (non-hydrogen) atoms. The second-order valence-corrected chi connectivity index (χ2v) is 8.49. The second kappa shape index (κ2) is 6.66. The summed E-state index contributed by atoms with van der Waals surface area (Å²) < 4.78 is 36.8. The normalized spacial score (nSPS) is 33.4. The molecule has 2 fully saturated rings. The summed E-state index contributed by atoms with van der Waals surface area (Å²) in [5, 5.41) is 10.4. The topological polar surface area (TPSA) is 86.7 Å². The smallest absolute Gasteiger partial charge is 0.716 e. The minimum absolute atomic E-state index is 0. The van der Waals surface area contributed by atoms with Gasteiger partial charge in [0.05, 0.1) is 6.10 Å². The molecule has 3 aliphatic carbocycles. The molecule has 1 aromatic rings. The maximum atomic E-state index is 10.8. The number of benzene rings is 1. The van der Waals surface area contributed by atoms with Crippen LogP contribution in [0.2, 0.25) is 0 Å². The number of fused-ring (bicyclic) bond motifs is 5. The van der Waals surface area contributed by atoms with Gasteiger partial charge in [0.1, 0.15) is 5.75 Å². The maximum absolute atomic E-state index is 10.8. The molecule has 130 valence electrons. The monoisotopic (exact) mass is 372 g/mol. The van der Waals surface area contributed by atoms with E-state index in [1.807, 2.05) is 6.07 Å². The van der Waals surface area contributed by atoms with Crippen LogP contribution in [0.5, 0.6) is 5.75 Å². The van der Waals surface area contributed by atoms with Crippen LogP contribution >= 0.6 is 0 Å². The van der Waals surface area contributed by atoms with Gasteiger partial charge in [0.15, 0.2) is 0 Å². The van der Waals surface area contributed by atoms with E-state index in [1.165, 1.54) is 11.1 Å². The van der Waals surface area contributed by atoms with Gasteiger partial charge in [0.2, 0.25) is 0 Å². The van der Waals surface area contributed by atoms with E-state index < -0.39 is 10.4 Å². The fourth-order valence-corrected chi connectivity index (χ4v) is 5.42. The van der Waals surface area contributed by atoms with Crippen LogP contribution in [0.25, 0.3) is 0 Å². The third-order valence-electron chi connectivity index (χ3n) is 6.31. The summed E-state index contributed by atoms with van der Waals surface area (Å²) in [5.74, 6) is 0.838. The van der Waals surface area contributed by atoms with Crippen LogP contribution in [0.1, 0.15) is 49.7 Å². The van der Waals surface area contributed by atoms with Gasteiger partial charge in [-0.15, -0.1) is 0 Å². The summed E-state index contributed by atoms with van der Waals surface area (Å²) >= 11 is 0. The molecule has 3 aliphatic rings. The number of allylic oxidation sites excluding steroid dienone is 2. The first kappa shape index (κ1) is 19.4. The predicted octanol–water partition coefficient (Wildman–Crippen LogP) is -0.333. The molecule has 4 rings (SSSR count). The largest absolute Gasteiger partial charge is 1.00 e. The van der Waals surface area contributed by atoms with Crippen molar-refractivity contribution in [2.75, 3.05) is 0 Å². The van der Waals surface area contributed by atoms with E-state index in [1.54, 1.807) is 12.1 Å². The van der Waals surface area contributed by atoms with Crippen molar-refractivity contribution in [1.82, 2.24) is 0 Å². The molecule has 2 saturated carbocycles. The SMILES string of the molecule is C[C@]12CCC3C(=CCc4cc(OS(=O)(=O)[O-])ccc43)C1CC[C@@H]2O.[Na+]. The van der Waals surface area contributed by atoms with E-state index in [0.29, 0.717) is 18.3 Å². The fraction of sp³-hybridized carbons (Fsp3) is 0.556. The molecular weight excluding hydrogens is 351 g/mol. The quantitative estimate of drug-likeness (QED) is 0.332. The Labute approximate surface area is 170 Å². The molecule has 4 atom stereocenters. The Morgan fingerprint density at radius 2 is 2.04 bits per heavy atom. The Balaban J connectivity index is 0.00000182. The molecule has 0 heterocycles. The van der Waals surface area contributed by atoms with Crippen LogP contribution in [0.3, 0.4) is 0 Å². The number of hydrogen-bond acceptors (Lipinski definition) is 5. The molecule has 0 radical (unpaired) electrons. The average molecular weight is 372 g/mol. The van der Waals surface area contributed by atoms with Gasteiger partial charge in [0, 0.05) is 11.3 Å². The number of hydrogen-bond donors (Lipinski definition) is 1.